The largest absolute Gasteiger partial charge is 0.442 e. The fraction of sp³-hybridized carbons (Fsp3) is 0.526. The molecule has 0 aliphatic carbocycles. The van der Waals surface area contributed by atoms with Gasteiger partial charge in [0.05, 0.1) is 24.5 Å². The molecule has 3 rings (SSSR count). The van der Waals surface area contributed by atoms with Crippen LogP contribution in [0.2, 0.25) is 0 Å². The SMILES string of the molecule is CC(=O)N1CCN(c2ccc(N3C[C@H](CNC(=S)N(C)C)OC3=O)cc2F)CC1. The Bertz CT molecular complexity index is 798. The monoisotopic (exact) mass is 423 g/mol. The van der Waals surface area contributed by atoms with Crippen molar-refractivity contribution < 1.29 is 18.7 Å². The van der Waals surface area contributed by atoms with Crippen molar-refractivity contribution in [1.29, 1.82) is 0 Å². The molecule has 1 atom stereocenters. The van der Waals surface area contributed by atoms with Crippen molar-refractivity contribution >= 4 is 40.7 Å². The molecule has 2 aliphatic rings. The van der Waals surface area contributed by atoms with E-state index in [9.17, 15) is 14.0 Å². The van der Waals surface area contributed by atoms with E-state index in [1.807, 2.05) is 19.0 Å². The van der Waals surface area contributed by atoms with Crippen molar-refractivity contribution in [2.45, 2.75) is 13.0 Å². The van der Waals surface area contributed by atoms with E-state index in [1.54, 1.807) is 21.9 Å². The van der Waals surface area contributed by atoms with Gasteiger partial charge in [-0.15, -0.1) is 0 Å². The Balaban J connectivity index is 1.62. The van der Waals surface area contributed by atoms with Gasteiger partial charge in [-0.05, 0) is 30.4 Å². The highest BCUT2D eigenvalue weighted by molar-refractivity contribution is 7.80. The molecule has 0 unspecified atom stereocenters. The number of nitrogens with one attached hydrogen (secondary N) is 1. The van der Waals surface area contributed by atoms with Gasteiger partial charge >= 0.3 is 6.09 Å². The number of nitrogens with zero attached hydrogens (tertiary/aromatic N) is 4. The number of piperazine rings is 1. The first-order valence-electron chi connectivity index (χ1n) is 9.49. The topological polar surface area (TPSA) is 68.4 Å². The van der Waals surface area contributed by atoms with Crippen LogP contribution in [-0.2, 0) is 9.53 Å². The van der Waals surface area contributed by atoms with E-state index in [1.165, 1.54) is 17.9 Å². The lowest BCUT2D eigenvalue weighted by Crippen LogP contribution is -2.48. The number of thiocarbonyl (C=S) groups is 1. The minimum absolute atomic E-state index is 0.0309. The Morgan fingerprint density at radius 3 is 2.59 bits per heavy atom. The zero-order chi connectivity index (χ0) is 21.1. The summed E-state index contributed by atoms with van der Waals surface area (Å²) in [6.07, 6.45) is -0.877. The summed E-state index contributed by atoms with van der Waals surface area (Å²) < 4.78 is 20.1. The Kier molecular flexibility index (Phi) is 6.41. The lowest BCUT2D eigenvalue weighted by molar-refractivity contribution is -0.129. The van der Waals surface area contributed by atoms with E-state index in [-0.39, 0.29) is 12.0 Å². The zero-order valence-electron chi connectivity index (χ0n) is 16.9. The number of hydrogen-bond acceptors (Lipinski definition) is 5. The highest BCUT2D eigenvalue weighted by Gasteiger charge is 2.33. The van der Waals surface area contributed by atoms with E-state index in [0.717, 1.165) is 0 Å². The van der Waals surface area contributed by atoms with Crippen LogP contribution in [0.1, 0.15) is 6.92 Å². The van der Waals surface area contributed by atoms with Gasteiger partial charge in [-0.25, -0.2) is 9.18 Å². The molecule has 2 amide bonds. The summed E-state index contributed by atoms with van der Waals surface area (Å²) >= 11 is 5.16. The van der Waals surface area contributed by atoms with Gasteiger partial charge in [-0.2, -0.15) is 0 Å². The molecule has 0 spiro atoms. The maximum Gasteiger partial charge on any atom is 0.414 e. The molecule has 0 radical (unpaired) electrons. The first-order valence-corrected chi connectivity index (χ1v) is 9.90. The maximum atomic E-state index is 14.8. The summed E-state index contributed by atoms with van der Waals surface area (Å²) in [5.74, 6) is -0.370. The molecule has 1 aromatic carbocycles. The summed E-state index contributed by atoms with van der Waals surface area (Å²) in [7, 11) is 3.65. The fourth-order valence-electron chi connectivity index (χ4n) is 3.38. The Labute approximate surface area is 175 Å². The average molecular weight is 424 g/mol. The molecule has 2 aliphatic heterocycles. The standard InChI is InChI=1S/C19H26FN5O3S/c1-13(26)23-6-8-24(9-7-23)17-5-4-14(10-16(17)20)25-12-15(28-19(25)27)11-21-18(29)22(2)3/h4-5,10,15H,6-9,11-12H2,1-3H3,(H,21,29)/t15-/m0/s1. The van der Waals surface area contributed by atoms with Gasteiger partial charge in [0.25, 0.3) is 0 Å². The molecule has 2 fully saturated rings. The molecule has 0 aromatic heterocycles. The molecule has 2 heterocycles. The Morgan fingerprint density at radius 1 is 1.31 bits per heavy atom. The van der Waals surface area contributed by atoms with E-state index in [0.29, 0.717) is 55.8 Å². The van der Waals surface area contributed by atoms with E-state index >= 15 is 0 Å². The first-order chi connectivity index (χ1) is 13.8. The van der Waals surface area contributed by atoms with Crippen LogP contribution in [0.4, 0.5) is 20.6 Å². The second kappa shape index (κ2) is 8.81. The van der Waals surface area contributed by atoms with Crippen molar-refractivity contribution in [3.63, 3.8) is 0 Å². The second-order valence-electron chi connectivity index (χ2n) is 7.33. The highest BCUT2D eigenvalue weighted by Crippen LogP contribution is 2.28. The third kappa shape index (κ3) is 4.87. The van der Waals surface area contributed by atoms with Crippen LogP contribution in [0, 0.1) is 5.82 Å². The van der Waals surface area contributed by atoms with Crippen molar-refractivity contribution in [2.24, 2.45) is 0 Å². The van der Waals surface area contributed by atoms with Crippen molar-refractivity contribution in [3.8, 4) is 0 Å². The summed E-state index contributed by atoms with van der Waals surface area (Å²) in [4.78, 5) is 30.5. The number of cyclic esters (lactones) is 1. The predicted molar refractivity (Wildman–Crippen MR) is 113 cm³/mol. The minimum atomic E-state index is -0.505. The molecule has 29 heavy (non-hydrogen) atoms. The first kappa shape index (κ1) is 21.1. The Hall–Kier alpha value is -2.62. The molecule has 2 saturated heterocycles. The third-order valence-electron chi connectivity index (χ3n) is 5.07. The molecular weight excluding hydrogens is 397 g/mol. The zero-order valence-corrected chi connectivity index (χ0v) is 17.7. The highest BCUT2D eigenvalue weighted by atomic mass is 32.1. The number of halogens is 1. The summed E-state index contributed by atoms with van der Waals surface area (Å²) in [6, 6.07) is 4.75. The number of ether oxygens (including phenoxy) is 1. The summed E-state index contributed by atoms with van der Waals surface area (Å²) in [6.45, 7) is 4.52. The van der Waals surface area contributed by atoms with Crippen LogP contribution in [0.3, 0.4) is 0 Å². The summed E-state index contributed by atoms with van der Waals surface area (Å²) in [5, 5.41) is 3.59. The van der Waals surface area contributed by atoms with Crippen LogP contribution in [0.15, 0.2) is 18.2 Å². The third-order valence-corrected chi connectivity index (χ3v) is 5.58. The van der Waals surface area contributed by atoms with Crippen LogP contribution >= 0.6 is 12.2 Å². The fourth-order valence-corrected chi connectivity index (χ4v) is 3.46. The van der Waals surface area contributed by atoms with Gasteiger partial charge in [0, 0.05) is 47.2 Å². The molecule has 158 valence electrons. The van der Waals surface area contributed by atoms with Crippen molar-refractivity contribution in [3.05, 3.63) is 24.0 Å². The predicted octanol–water partition coefficient (Wildman–Crippen LogP) is 1.26. The van der Waals surface area contributed by atoms with E-state index in [4.69, 9.17) is 17.0 Å². The van der Waals surface area contributed by atoms with E-state index in [2.05, 4.69) is 5.32 Å². The van der Waals surface area contributed by atoms with Gasteiger partial charge in [-0.3, -0.25) is 9.69 Å². The van der Waals surface area contributed by atoms with E-state index < -0.39 is 11.9 Å². The lowest BCUT2D eigenvalue weighted by Gasteiger charge is -2.35. The molecule has 8 nitrogen and oxygen atoms in total. The molecule has 0 saturated carbocycles. The van der Waals surface area contributed by atoms with Gasteiger partial charge in [0.1, 0.15) is 11.9 Å². The number of carbonyl (C=O) groups is 2. The quantitative estimate of drug-likeness (QED) is 0.731. The lowest BCUT2D eigenvalue weighted by atomic mass is 10.2. The maximum absolute atomic E-state index is 14.8. The van der Waals surface area contributed by atoms with Gasteiger partial charge < -0.3 is 24.8 Å². The van der Waals surface area contributed by atoms with Crippen LogP contribution in [0.5, 0.6) is 0 Å². The molecule has 0 bridgehead atoms. The second-order valence-corrected chi connectivity index (χ2v) is 7.71. The molecule has 1 aromatic rings. The molecule has 10 heteroatoms. The van der Waals surface area contributed by atoms with Crippen LogP contribution < -0.4 is 15.1 Å². The number of anilines is 2. The van der Waals surface area contributed by atoms with Gasteiger partial charge in [-0.1, -0.05) is 0 Å². The number of rotatable bonds is 4. The number of carbonyl (C=O) groups excluding carboxylic acids is 2. The Morgan fingerprint density at radius 2 is 2.00 bits per heavy atom. The smallest absolute Gasteiger partial charge is 0.414 e. The number of benzene rings is 1. The van der Waals surface area contributed by atoms with Gasteiger partial charge in [0.2, 0.25) is 5.91 Å². The van der Waals surface area contributed by atoms with Crippen LogP contribution in [-0.4, -0.2) is 86.4 Å². The van der Waals surface area contributed by atoms with Crippen molar-refractivity contribution in [2.75, 3.05) is 63.2 Å². The molecular formula is C19H26FN5O3S. The number of hydrogen-bond donors (Lipinski definition) is 1. The van der Waals surface area contributed by atoms with Gasteiger partial charge in [0.15, 0.2) is 5.11 Å². The average Bonchev–Trinajstić information content (AvgIpc) is 3.06. The summed E-state index contributed by atoms with van der Waals surface area (Å²) in [5.41, 5.74) is 0.926. The molecule has 1 N–H and O–H groups in total. The van der Waals surface area contributed by atoms with Crippen LogP contribution in [0.25, 0.3) is 0 Å². The normalized spacial score (nSPS) is 19.2. The minimum Gasteiger partial charge on any atom is -0.442 e. The van der Waals surface area contributed by atoms with Crippen molar-refractivity contribution in [1.82, 2.24) is 15.1 Å². The number of amides is 2.